The van der Waals surface area contributed by atoms with E-state index in [-0.39, 0.29) is 28.4 Å². The number of nitrogens with zero attached hydrogens (tertiary/aromatic N) is 2. The van der Waals surface area contributed by atoms with Gasteiger partial charge in [-0.25, -0.2) is 10.2 Å². The molecule has 2 N–H and O–H groups in total. The smallest absolute Gasteiger partial charge is 0.343 e. The van der Waals surface area contributed by atoms with E-state index in [0.717, 1.165) is 0 Å². The molecule has 0 fully saturated rings. The van der Waals surface area contributed by atoms with Crippen molar-refractivity contribution < 1.29 is 33.5 Å². The summed E-state index contributed by atoms with van der Waals surface area (Å²) in [6.07, 6.45) is 0. The van der Waals surface area contributed by atoms with Crippen molar-refractivity contribution in [1.29, 1.82) is 0 Å². The fraction of sp³-hybridized carbons (Fsp3) is 0.120. The van der Waals surface area contributed by atoms with Crippen molar-refractivity contribution in [3.63, 3.8) is 0 Å². The quantitative estimate of drug-likeness (QED) is 0.118. The average Bonchev–Trinajstić information content (AvgIpc) is 2.91. The molecule has 0 unspecified atom stereocenters. The highest BCUT2D eigenvalue weighted by atomic mass is 16.6. The molecule has 37 heavy (non-hydrogen) atoms. The van der Waals surface area contributed by atoms with Gasteiger partial charge >= 0.3 is 17.8 Å². The first-order valence-corrected chi connectivity index (χ1v) is 10.7. The third kappa shape index (κ3) is 6.66. The molecule has 12 heteroatoms. The lowest BCUT2D eigenvalue weighted by atomic mass is 10.1. The number of non-ortho nitro benzene ring substituents is 1. The van der Waals surface area contributed by atoms with Gasteiger partial charge in [-0.1, -0.05) is 12.1 Å². The van der Waals surface area contributed by atoms with E-state index >= 15 is 0 Å². The molecule has 0 aromatic heterocycles. The third-order valence-corrected chi connectivity index (χ3v) is 4.98. The van der Waals surface area contributed by atoms with Gasteiger partial charge in [-0.2, -0.15) is 5.10 Å². The number of anilines is 1. The van der Waals surface area contributed by atoms with Gasteiger partial charge in [0.05, 0.1) is 36.1 Å². The summed E-state index contributed by atoms with van der Waals surface area (Å²) >= 11 is 0. The Labute approximate surface area is 211 Å². The first kappa shape index (κ1) is 26.3. The van der Waals surface area contributed by atoms with E-state index in [4.69, 9.17) is 14.2 Å². The number of amides is 2. The molecule has 0 aliphatic rings. The number of rotatable bonds is 8. The fourth-order valence-corrected chi connectivity index (χ4v) is 3.06. The molecule has 2 amide bonds. The van der Waals surface area contributed by atoms with Crippen LogP contribution >= 0.6 is 0 Å². The second-order valence-electron chi connectivity index (χ2n) is 7.35. The van der Waals surface area contributed by atoms with Crippen molar-refractivity contribution in [3.8, 4) is 17.2 Å². The minimum Gasteiger partial charge on any atom is -0.497 e. The Hall–Kier alpha value is -5.26. The second kappa shape index (κ2) is 11.9. The molecule has 0 saturated heterocycles. The molecular weight excluding hydrogens is 484 g/mol. The van der Waals surface area contributed by atoms with Crippen LogP contribution in [0.25, 0.3) is 0 Å². The average molecular weight is 506 g/mol. The monoisotopic (exact) mass is 506 g/mol. The highest BCUT2D eigenvalue weighted by molar-refractivity contribution is 6.39. The topological polar surface area (TPSA) is 158 Å². The van der Waals surface area contributed by atoms with Crippen LogP contribution in [0.15, 0.2) is 71.8 Å². The van der Waals surface area contributed by atoms with Gasteiger partial charge in [0.1, 0.15) is 17.2 Å². The van der Waals surface area contributed by atoms with Gasteiger partial charge in [-0.3, -0.25) is 19.7 Å². The SMILES string of the molecule is COc1ccc(NC(=O)C(=O)N/N=C(\C)c2ccccc2OC(=O)c2ccc([N+](=O)[O-])cc2)c(OC)c1. The molecule has 190 valence electrons. The third-order valence-electron chi connectivity index (χ3n) is 4.98. The highest BCUT2D eigenvalue weighted by Gasteiger charge is 2.18. The van der Waals surface area contributed by atoms with Crippen LogP contribution in [-0.4, -0.2) is 42.6 Å². The molecule has 0 spiro atoms. The van der Waals surface area contributed by atoms with Gasteiger partial charge in [-0.15, -0.1) is 0 Å². The Morgan fingerprint density at radius 3 is 2.24 bits per heavy atom. The van der Waals surface area contributed by atoms with Crippen molar-refractivity contribution in [2.24, 2.45) is 5.10 Å². The van der Waals surface area contributed by atoms with Crippen LogP contribution in [0.5, 0.6) is 17.2 Å². The summed E-state index contributed by atoms with van der Waals surface area (Å²) in [6.45, 7) is 1.54. The molecule has 12 nitrogen and oxygen atoms in total. The van der Waals surface area contributed by atoms with Gasteiger partial charge < -0.3 is 19.5 Å². The first-order valence-electron chi connectivity index (χ1n) is 10.7. The molecule has 0 radical (unpaired) electrons. The van der Waals surface area contributed by atoms with Crippen molar-refractivity contribution in [2.75, 3.05) is 19.5 Å². The number of nitro groups is 1. The molecule has 0 saturated carbocycles. The second-order valence-corrected chi connectivity index (χ2v) is 7.35. The Balaban J connectivity index is 1.69. The molecule has 3 rings (SSSR count). The lowest BCUT2D eigenvalue weighted by Gasteiger charge is -2.11. The van der Waals surface area contributed by atoms with Gasteiger partial charge in [0, 0.05) is 23.8 Å². The van der Waals surface area contributed by atoms with Crippen molar-refractivity contribution in [1.82, 2.24) is 5.43 Å². The molecular formula is C25H22N4O8. The number of nitro benzene ring substituents is 1. The summed E-state index contributed by atoms with van der Waals surface area (Å²) in [5, 5.41) is 17.2. The number of benzene rings is 3. The number of esters is 1. The number of methoxy groups -OCH3 is 2. The van der Waals surface area contributed by atoms with Gasteiger partial charge in [0.15, 0.2) is 0 Å². The van der Waals surface area contributed by atoms with Crippen LogP contribution in [0.2, 0.25) is 0 Å². The minimum atomic E-state index is -1.04. The predicted octanol–water partition coefficient (Wildman–Crippen LogP) is 3.31. The fourth-order valence-electron chi connectivity index (χ4n) is 3.06. The van der Waals surface area contributed by atoms with Gasteiger partial charge in [-0.05, 0) is 43.3 Å². The first-order chi connectivity index (χ1) is 17.7. The summed E-state index contributed by atoms with van der Waals surface area (Å²) in [5.41, 5.74) is 2.97. The number of hydrogen-bond donors (Lipinski definition) is 2. The maximum atomic E-state index is 12.5. The number of hydrazone groups is 1. The highest BCUT2D eigenvalue weighted by Crippen LogP contribution is 2.29. The lowest BCUT2D eigenvalue weighted by molar-refractivity contribution is -0.384. The van der Waals surface area contributed by atoms with E-state index in [1.54, 1.807) is 37.3 Å². The van der Waals surface area contributed by atoms with E-state index in [1.807, 2.05) is 0 Å². The summed E-state index contributed by atoms with van der Waals surface area (Å²) < 4.78 is 15.7. The van der Waals surface area contributed by atoms with Crippen LogP contribution in [-0.2, 0) is 9.59 Å². The maximum Gasteiger partial charge on any atom is 0.343 e. The normalized spacial score (nSPS) is 10.7. The number of para-hydroxylation sites is 1. The van der Waals surface area contributed by atoms with Crippen LogP contribution in [0, 0.1) is 10.1 Å². The number of nitrogens with one attached hydrogen (secondary N) is 2. The van der Waals surface area contributed by atoms with Crippen LogP contribution in [0.1, 0.15) is 22.8 Å². The summed E-state index contributed by atoms with van der Waals surface area (Å²) in [6, 6.07) is 16.0. The van der Waals surface area contributed by atoms with Crippen LogP contribution < -0.4 is 25.0 Å². The molecule has 0 aliphatic carbocycles. The largest absolute Gasteiger partial charge is 0.497 e. The van der Waals surface area contributed by atoms with E-state index < -0.39 is 22.7 Å². The molecule has 0 bridgehead atoms. The Kier molecular flexibility index (Phi) is 8.49. The van der Waals surface area contributed by atoms with Crippen LogP contribution in [0.3, 0.4) is 0 Å². The van der Waals surface area contributed by atoms with Crippen LogP contribution in [0.4, 0.5) is 11.4 Å². The van der Waals surface area contributed by atoms with Gasteiger partial charge in [0.25, 0.3) is 5.69 Å². The molecule has 3 aromatic rings. The zero-order chi connectivity index (χ0) is 26.9. The minimum absolute atomic E-state index is 0.105. The van der Waals surface area contributed by atoms with E-state index in [0.29, 0.717) is 17.1 Å². The van der Waals surface area contributed by atoms with Crippen molar-refractivity contribution in [3.05, 3.63) is 88.0 Å². The Bertz CT molecular complexity index is 1370. The number of carbonyl (C=O) groups excluding carboxylic acids is 3. The van der Waals surface area contributed by atoms with E-state index in [1.165, 1.54) is 50.6 Å². The molecule has 3 aromatic carbocycles. The summed E-state index contributed by atoms with van der Waals surface area (Å²) in [5.74, 6) is -1.84. The zero-order valence-electron chi connectivity index (χ0n) is 20.0. The lowest BCUT2D eigenvalue weighted by Crippen LogP contribution is -2.33. The maximum absolute atomic E-state index is 12.5. The molecule has 0 heterocycles. The Morgan fingerprint density at radius 2 is 1.59 bits per heavy atom. The number of carbonyl (C=O) groups is 3. The van der Waals surface area contributed by atoms with E-state index in [9.17, 15) is 24.5 Å². The number of ether oxygens (including phenoxy) is 3. The van der Waals surface area contributed by atoms with Crippen molar-refractivity contribution in [2.45, 2.75) is 6.92 Å². The van der Waals surface area contributed by atoms with Gasteiger partial charge in [0.2, 0.25) is 0 Å². The Morgan fingerprint density at radius 1 is 0.892 bits per heavy atom. The molecule has 0 aliphatic heterocycles. The number of hydrogen-bond acceptors (Lipinski definition) is 9. The summed E-state index contributed by atoms with van der Waals surface area (Å²) in [4.78, 5) is 47.4. The standard InChI is InChI=1S/C25H22N4O8/c1-15(27-28-24(31)23(30)26-20-13-12-18(35-2)14-22(20)36-3)19-6-4-5-7-21(19)37-25(32)16-8-10-17(11-9-16)29(33)34/h4-14H,1-3H3,(H,26,30)(H,28,31)/b27-15+. The molecule has 0 atom stereocenters. The zero-order valence-corrected chi connectivity index (χ0v) is 20.0. The summed E-state index contributed by atoms with van der Waals surface area (Å²) in [7, 11) is 2.89. The van der Waals surface area contributed by atoms with E-state index in [2.05, 4.69) is 15.8 Å². The predicted molar refractivity (Wildman–Crippen MR) is 133 cm³/mol. The van der Waals surface area contributed by atoms with Crippen molar-refractivity contribution >= 4 is 34.9 Å².